The second kappa shape index (κ2) is 12.2. The van der Waals surface area contributed by atoms with Gasteiger partial charge in [-0.1, -0.05) is 36.4 Å². The topological polar surface area (TPSA) is 193 Å². The number of carbonyl (C=O) groups is 3. The number of nitrogens with two attached hydrogens (primary N) is 3. The maximum Gasteiger partial charge on any atom is 0.184 e. The number of benzene rings is 3. The van der Waals surface area contributed by atoms with Gasteiger partial charge in [-0.25, -0.2) is 0 Å². The van der Waals surface area contributed by atoms with E-state index in [1.807, 2.05) is 0 Å². The van der Waals surface area contributed by atoms with Gasteiger partial charge in [0.25, 0.3) is 0 Å². The minimum absolute atomic E-state index is 0.0270. The number of phenolic OH excluding ortho intramolecular Hbond substituents is 3. The van der Waals surface area contributed by atoms with Gasteiger partial charge in [0.1, 0.15) is 17.2 Å². The van der Waals surface area contributed by atoms with Gasteiger partial charge in [0.15, 0.2) is 17.3 Å². The van der Waals surface area contributed by atoms with Crippen LogP contribution < -0.4 is 17.2 Å². The van der Waals surface area contributed by atoms with Crippen LogP contribution in [0.5, 0.6) is 17.2 Å². The molecule has 0 radical (unpaired) electrons. The van der Waals surface area contributed by atoms with Gasteiger partial charge in [-0.3, -0.25) is 19.3 Å². The number of phenols is 3. The fraction of sp³-hybridized carbons (Fsp3) is 0.222. The molecule has 3 aromatic rings. The molecule has 10 heteroatoms. The maximum absolute atomic E-state index is 12.9. The zero-order valence-corrected chi connectivity index (χ0v) is 20.0. The Labute approximate surface area is 213 Å². The maximum atomic E-state index is 12.9. The molecule has 0 fully saturated rings. The highest BCUT2D eigenvalue weighted by molar-refractivity contribution is 6.03. The number of hydrogen-bond acceptors (Lipinski definition) is 10. The van der Waals surface area contributed by atoms with Crippen LogP contribution in [0.25, 0.3) is 0 Å². The molecular formula is C27H30N4O6. The number of nitrogens with zero attached hydrogens (tertiary/aromatic N) is 1. The number of ketones is 3. The van der Waals surface area contributed by atoms with E-state index in [9.17, 15) is 29.7 Å². The average molecular weight is 507 g/mol. The first kappa shape index (κ1) is 27.5. The smallest absolute Gasteiger partial charge is 0.184 e. The van der Waals surface area contributed by atoms with E-state index in [1.165, 1.54) is 41.3 Å². The van der Waals surface area contributed by atoms with Crippen LogP contribution in [-0.4, -0.2) is 75.3 Å². The molecule has 37 heavy (non-hydrogen) atoms. The van der Waals surface area contributed by atoms with E-state index in [-0.39, 0.29) is 53.6 Å². The predicted molar refractivity (Wildman–Crippen MR) is 138 cm³/mol. The van der Waals surface area contributed by atoms with E-state index in [4.69, 9.17) is 17.2 Å². The summed E-state index contributed by atoms with van der Waals surface area (Å²) in [4.78, 5) is 40.2. The van der Waals surface area contributed by atoms with Crippen molar-refractivity contribution in [2.24, 2.45) is 17.2 Å². The molecule has 0 spiro atoms. The molecule has 0 aliphatic carbocycles. The zero-order chi connectivity index (χ0) is 27.1. The molecule has 0 aromatic heterocycles. The van der Waals surface area contributed by atoms with Gasteiger partial charge in [-0.15, -0.1) is 0 Å². The molecule has 3 aromatic carbocycles. The number of rotatable bonds is 12. The molecule has 9 N–H and O–H groups in total. The van der Waals surface area contributed by atoms with Crippen LogP contribution in [0.15, 0.2) is 72.8 Å². The fourth-order valence-corrected chi connectivity index (χ4v) is 3.95. The first-order valence-corrected chi connectivity index (χ1v) is 11.6. The lowest BCUT2D eigenvalue weighted by atomic mass is 9.99. The number of carbonyl (C=O) groups excluding carboxylic acids is 3. The summed E-state index contributed by atoms with van der Waals surface area (Å²) in [7, 11) is 0. The van der Waals surface area contributed by atoms with Gasteiger partial charge >= 0.3 is 0 Å². The van der Waals surface area contributed by atoms with E-state index < -0.39 is 35.5 Å². The average Bonchev–Trinajstić information content (AvgIpc) is 2.88. The minimum Gasteiger partial charge on any atom is -0.507 e. The van der Waals surface area contributed by atoms with Crippen LogP contribution in [0.3, 0.4) is 0 Å². The fourth-order valence-electron chi connectivity index (χ4n) is 3.95. The van der Waals surface area contributed by atoms with Crippen molar-refractivity contribution in [3.05, 3.63) is 89.5 Å². The molecule has 10 nitrogen and oxygen atoms in total. The quantitative estimate of drug-likeness (QED) is 0.193. The van der Waals surface area contributed by atoms with Crippen molar-refractivity contribution in [1.82, 2.24) is 4.90 Å². The molecule has 0 aliphatic heterocycles. The lowest BCUT2D eigenvalue weighted by Crippen LogP contribution is -2.53. The highest BCUT2D eigenvalue weighted by Gasteiger charge is 2.29. The Hall–Kier alpha value is -4.09. The summed E-state index contributed by atoms with van der Waals surface area (Å²) in [6, 6.07) is 14.4. The third kappa shape index (κ3) is 6.78. The summed E-state index contributed by atoms with van der Waals surface area (Å²) in [5, 5.41) is 30.1. The Kier molecular flexibility index (Phi) is 9.10. The van der Waals surface area contributed by atoms with E-state index >= 15 is 0 Å². The standard InChI is InChI=1S/C27H30N4O6/c28-19(25(35)16-7-1-4-10-22(16)32)13-31(14-20(29)26(36)17-8-2-5-11-23(17)33)15-21(30)27(37)18-9-3-6-12-24(18)34/h1-12,19-21,32-34H,13-15,28-30H2. The van der Waals surface area contributed by atoms with Gasteiger partial charge in [-0.2, -0.15) is 0 Å². The predicted octanol–water partition coefficient (Wildman–Crippen LogP) is 1.04. The Morgan fingerprint density at radius 1 is 0.541 bits per heavy atom. The van der Waals surface area contributed by atoms with Crippen LogP contribution >= 0.6 is 0 Å². The lowest BCUT2D eigenvalue weighted by molar-refractivity contribution is 0.0879. The zero-order valence-electron chi connectivity index (χ0n) is 20.0. The summed E-state index contributed by atoms with van der Waals surface area (Å²) < 4.78 is 0. The van der Waals surface area contributed by atoms with Gasteiger partial charge in [-0.05, 0) is 36.4 Å². The van der Waals surface area contributed by atoms with E-state index in [0.29, 0.717) is 0 Å². The van der Waals surface area contributed by atoms with E-state index in [0.717, 1.165) is 0 Å². The summed E-state index contributed by atoms with van der Waals surface area (Å²) in [5.74, 6) is -2.34. The van der Waals surface area contributed by atoms with Crippen LogP contribution in [0, 0.1) is 0 Å². The molecule has 0 saturated heterocycles. The molecule has 0 aliphatic rings. The Bertz CT molecular complexity index is 1130. The summed E-state index contributed by atoms with van der Waals surface area (Å²) in [6.45, 7) is -0.427. The van der Waals surface area contributed by atoms with Crippen molar-refractivity contribution < 1.29 is 29.7 Å². The molecule has 0 amide bonds. The number of hydrogen-bond donors (Lipinski definition) is 6. The second-order valence-electron chi connectivity index (χ2n) is 8.68. The molecule has 3 rings (SSSR count). The highest BCUT2D eigenvalue weighted by Crippen LogP contribution is 2.20. The minimum atomic E-state index is -1.15. The first-order chi connectivity index (χ1) is 17.6. The molecule has 194 valence electrons. The van der Waals surface area contributed by atoms with Crippen molar-refractivity contribution >= 4 is 17.3 Å². The van der Waals surface area contributed by atoms with Crippen molar-refractivity contribution in [3.8, 4) is 17.2 Å². The number of aromatic hydroxyl groups is 3. The van der Waals surface area contributed by atoms with Crippen molar-refractivity contribution in [2.45, 2.75) is 18.1 Å². The van der Waals surface area contributed by atoms with Crippen LogP contribution in [0.1, 0.15) is 31.1 Å². The normalized spacial score (nSPS) is 13.6. The van der Waals surface area contributed by atoms with E-state index in [1.54, 1.807) is 36.4 Å². The molecule has 3 atom stereocenters. The Morgan fingerprint density at radius 3 is 1.03 bits per heavy atom. The Morgan fingerprint density at radius 2 is 0.784 bits per heavy atom. The van der Waals surface area contributed by atoms with Crippen molar-refractivity contribution in [1.29, 1.82) is 0 Å². The molecular weight excluding hydrogens is 476 g/mol. The third-order valence-electron chi connectivity index (χ3n) is 5.88. The monoisotopic (exact) mass is 506 g/mol. The van der Waals surface area contributed by atoms with E-state index in [2.05, 4.69) is 0 Å². The first-order valence-electron chi connectivity index (χ1n) is 11.6. The van der Waals surface area contributed by atoms with Gasteiger partial charge < -0.3 is 32.5 Å². The summed E-state index contributed by atoms with van der Waals surface area (Å²) in [6.07, 6.45) is 0. The van der Waals surface area contributed by atoms with Crippen LogP contribution in [-0.2, 0) is 0 Å². The lowest BCUT2D eigenvalue weighted by Gasteiger charge is -2.29. The van der Waals surface area contributed by atoms with Gasteiger partial charge in [0.2, 0.25) is 0 Å². The van der Waals surface area contributed by atoms with Crippen molar-refractivity contribution in [3.63, 3.8) is 0 Å². The number of para-hydroxylation sites is 3. The molecule has 0 saturated carbocycles. The Balaban J connectivity index is 1.81. The summed E-state index contributed by atoms with van der Waals surface area (Å²) >= 11 is 0. The molecule has 0 heterocycles. The SMILES string of the molecule is NC(CN(CC(N)C(=O)c1ccccc1O)CC(N)C(=O)c1ccccc1O)C(=O)c1ccccc1O. The number of Topliss-reactive ketones (excluding diaryl/α,β-unsaturated/α-hetero) is 3. The van der Waals surface area contributed by atoms with Crippen LogP contribution in [0.4, 0.5) is 0 Å². The van der Waals surface area contributed by atoms with Gasteiger partial charge in [0, 0.05) is 19.6 Å². The van der Waals surface area contributed by atoms with Gasteiger partial charge in [0.05, 0.1) is 34.8 Å². The third-order valence-corrected chi connectivity index (χ3v) is 5.88. The summed E-state index contributed by atoms with van der Waals surface area (Å²) in [5.41, 5.74) is 18.6. The molecule has 3 unspecified atom stereocenters. The van der Waals surface area contributed by atoms with Crippen LogP contribution in [0.2, 0.25) is 0 Å². The second-order valence-corrected chi connectivity index (χ2v) is 8.68. The molecule has 0 bridgehead atoms. The van der Waals surface area contributed by atoms with Crippen molar-refractivity contribution in [2.75, 3.05) is 19.6 Å². The highest BCUT2D eigenvalue weighted by atomic mass is 16.3. The largest absolute Gasteiger partial charge is 0.507 e.